The number of methoxy groups -OCH3 is 1. The number of hydrogen-bond donors (Lipinski definition) is 0. The van der Waals surface area contributed by atoms with Crippen LogP contribution in [0.4, 0.5) is 0 Å². The minimum Gasteiger partial charge on any atom is -0.497 e. The molecule has 6 heteroatoms. The lowest BCUT2D eigenvalue weighted by Gasteiger charge is -2.06. The first-order valence-electron chi connectivity index (χ1n) is 6.02. The molecule has 0 saturated heterocycles. The van der Waals surface area contributed by atoms with Gasteiger partial charge in [-0.3, -0.25) is 9.00 Å². The molecule has 110 valence electrons. The Hall–Kier alpha value is -1.36. The van der Waals surface area contributed by atoms with Crippen molar-refractivity contribution in [3.05, 3.63) is 58.1 Å². The molecule has 0 heterocycles. The van der Waals surface area contributed by atoms with Crippen molar-refractivity contribution in [1.82, 2.24) is 0 Å². The molecule has 0 aliphatic carbocycles. The molecular formula is C15H12Cl2O3S. The summed E-state index contributed by atoms with van der Waals surface area (Å²) in [5.74, 6) is 0.170. The van der Waals surface area contributed by atoms with Crippen LogP contribution in [0.5, 0.6) is 5.75 Å². The summed E-state index contributed by atoms with van der Waals surface area (Å²) < 4.78 is 17.3. The van der Waals surface area contributed by atoms with Crippen LogP contribution in [0, 0.1) is 0 Å². The molecule has 0 radical (unpaired) electrons. The van der Waals surface area contributed by atoms with Crippen molar-refractivity contribution in [2.45, 2.75) is 4.90 Å². The normalized spacial score (nSPS) is 12.0. The van der Waals surface area contributed by atoms with Gasteiger partial charge in [-0.15, -0.1) is 0 Å². The minimum atomic E-state index is -1.55. The van der Waals surface area contributed by atoms with Crippen LogP contribution in [-0.2, 0) is 10.8 Å². The monoisotopic (exact) mass is 342 g/mol. The molecule has 2 aromatic carbocycles. The zero-order valence-corrected chi connectivity index (χ0v) is 13.5. The number of carbonyl (C=O) groups excluding carboxylic acids is 1. The number of benzene rings is 2. The molecule has 0 aliphatic heterocycles. The summed E-state index contributed by atoms with van der Waals surface area (Å²) in [6, 6.07) is 11.4. The van der Waals surface area contributed by atoms with Gasteiger partial charge in [0.15, 0.2) is 5.78 Å². The van der Waals surface area contributed by atoms with Gasteiger partial charge in [-0.25, -0.2) is 0 Å². The quantitative estimate of drug-likeness (QED) is 0.771. The van der Waals surface area contributed by atoms with Gasteiger partial charge in [0.1, 0.15) is 5.75 Å². The molecular weight excluding hydrogens is 331 g/mol. The summed E-state index contributed by atoms with van der Waals surface area (Å²) >= 11 is 11.8. The van der Waals surface area contributed by atoms with Crippen molar-refractivity contribution in [3.63, 3.8) is 0 Å². The third kappa shape index (κ3) is 4.06. The fourth-order valence-electron chi connectivity index (χ4n) is 1.73. The number of carbonyl (C=O) groups is 1. The number of ketones is 1. The fraction of sp³-hybridized carbons (Fsp3) is 0.133. The highest BCUT2D eigenvalue weighted by atomic mass is 35.5. The smallest absolute Gasteiger partial charge is 0.175 e. The van der Waals surface area contributed by atoms with Crippen LogP contribution in [0.15, 0.2) is 47.4 Å². The van der Waals surface area contributed by atoms with Gasteiger partial charge in [0.25, 0.3) is 0 Å². The summed E-state index contributed by atoms with van der Waals surface area (Å²) in [6.45, 7) is 0. The second-order valence-electron chi connectivity index (χ2n) is 4.22. The third-order valence-corrected chi connectivity index (χ3v) is 4.82. The highest BCUT2D eigenvalue weighted by Gasteiger charge is 2.15. The minimum absolute atomic E-state index is 0.159. The van der Waals surface area contributed by atoms with Gasteiger partial charge in [0.05, 0.1) is 33.6 Å². The first-order chi connectivity index (χ1) is 10.0. The van der Waals surface area contributed by atoms with Crippen molar-refractivity contribution in [1.29, 1.82) is 0 Å². The molecule has 0 bridgehead atoms. The molecule has 0 spiro atoms. The second-order valence-corrected chi connectivity index (χ2v) is 6.48. The maximum absolute atomic E-state index is 12.3. The van der Waals surface area contributed by atoms with Crippen LogP contribution in [0.25, 0.3) is 0 Å². The molecule has 0 amide bonds. The zero-order valence-electron chi connectivity index (χ0n) is 11.1. The molecule has 2 aromatic rings. The van der Waals surface area contributed by atoms with Crippen LogP contribution in [0.1, 0.15) is 10.4 Å². The van der Waals surface area contributed by atoms with Crippen LogP contribution in [0.3, 0.4) is 0 Å². The maximum atomic E-state index is 12.3. The Morgan fingerprint density at radius 1 is 1.19 bits per heavy atom. The zero-order chi connectivity index (χ0) is 15.4. The van der Waals surface area contributed by atoms with E-state index in [1.165, 1.54) is 13.2 Å². The molecule has 0 fully saturated rings. The highest BCUT2D eigenvalue weighted by molar-refractivity contribution is 7.86. The van der Waals surface area contributed by atoms with Crippen molar-refractivity contribution in [2.24, 2.45) is 0 Å². The van der Waals surface area contributed by atoms with Crippen LogP contribution in [-0.4, -0.2) is 22.9 Å². The molecule has 21 heavy (non-hydrogen) atoms. The van der Waals surface area contributed by atoms with Crippen molar-refractivity contribution >= 4 is 39.8 Å². The van der Waals surface area contributed by atoms with E-state index >= 15 is 0 Å². The first-order valence-corrected chi connectivity index (χ1v) is 8.09. The second kappa shape index (κ2) is 7.07. The number of hydrogen-bond acceptors (Lipinski definition) is 3. The van der Waals surface area contributed by atoms with E-state index in [4.69, 9.17) is 27.9 Å². The third-order valence-electron chi connectivity index (χ3n) is 2.79. The lowest BCUT2D eigenvalue weighted by Crippen LogP contribution is -2.11. The predicted molar refractivity (Wildman–Crippen MR) is 85.1 cm³/mol. The topological polar surface area (TPSA) is 43.4 Å². The van der Waals surface area contributed by atoms with Gasteiger partial charge in [-0.2, -0.15) is 0 Å². The summed E-state index contributed by atoms with van der Waals surface area (Å²) in [6.07, 6.45) is 0. The van der Waals surface area contributed by atoms with E-state index < -0.39 is 10.8 Å². The van der Waals surface area contributed by atoms with E-state index in [0.717, 1.165) is 0 Å². The molecule has 0 N–H and O–H groups in total. The molecule has 0 saturated carbocycles. The molecule has 1 atom stereocenters. The summed E-state index contributed by atoms with van der Waals surface area (Å²) in [5, 5.41) is 0.757. The molecule has 2 rings (SSSR count). The maximum Gasteiger partial charge on any atom is 0.175 e. The lowest BCUT2D eigenvalue weighted by atomic mass is 10.1. The summed E-state index contributed by atoms with van der Waals surface area (Å²) in [4.78, 5) is 12.5. The predicted octanol–water partition coefficient (Wildman–Crippen LogP) is 3.99. The van der Waals surface area contributed by atoms with Gasteiger partial charge in [-0.1, -0.05) is 35.3 Å². The average Bonchev–Trinajstić information content (AvgIpc) is 2.49. The Balaban J connectivity index is 2.18. The Labute approximate surface area is 135 Å². The molecule has 1 unspecified atom stereocenters. The van der Waals surface area contributed by atoms with Crippen molar-refractivity contribution in [2.75, 3.05) is 12.9 Å². The standard InChI is InChI=1S/C15H12Cl2O3S/c1-20-12-4-2-3-10(7-12)14(18)9-21(19)15-8-11(16)5-6-13(15)17/h2-8H,9H2,1H3. The Morgan fingerprint density at radius 3 is 2.67 bits per heavy atom. The molecule has 0 aromatic heterocycles. The molecule has 3 nitrogen and oxygen atoms in total. The number of rotatable bonds is 5. The number of Topliss-reactive ketones (excluding diaryl/α,β-unsaturated/α-hetero) is 1. The van der Waals surface area contributed by atoms with E-state index in [1.54, 1.807) is 36.4 Å². The SMILES string of the molecule is COc1cccc(C(=O)CS(=O)c2cc(Cl)ccc2Cl)c1. The molecule has 0 aliphatic rings. The van der Waals surface area contributed by atoms with Crippen molar-refractivity contribution < 1.29 is 13.7 Å². The van der Waals surface area contributed by atoms with E-state index in [9.17, 15) is 9.00 Å². The Kier molecular flexibility index (Phi) is 5.39. The van der Waals surface area contributed by atoms with Crippen LogP contribution in [0.2, 0.25) is 10.0 Å². The Bertz CT molecular complexity index is 701. The van der Waals surface area contributed by atoms with Gasteiger partial charge < -0.3 is 4.74 Å². The van der Waals surface area contributed by atoms with Gasteiger partial charge in [0, 0.05) is 10.6 Å². The summed E-state index contributed by atoms with van der Waals surface area (Å²) in [7, 11) is -0.0298. The van der Waals surface area contributed by atoms with Crippen LogP contribution < -0.4 is 4.74 Å². The summed E-state index contributed by atoms with van der Waals surface area (Å²) in [5.41, 5.74) is 0.445. The van der Waals surface area contributed by atoms with Crippen LogP contribution >= 0.6 is 23.2 Å². The average molecular weight is 343 g/mol. The van der Waals surface area contributed by atoms with Gasteiger partial charge in [-0.05, 0) is 30.3 Å². The van der Waals surface area contributed by atoms with Gasteiger partial charge >= 0.3 is 0 Å². The van der Waals surface area contributed by atoms with Gasteiger partial charge in [0.2, 0.25) is 0 Å². The highest BCUT2D eigenvalue weighted by Crippen LogP contribution is 2.24. The number of ether oxygens (including phenoxy) is 1. The van der Waals surface area contributed by atoms with E-state index in [0.29, 0.717) is 26.3 Å². The first kappa shape index (κ1) is 16.0. The number of halogens is 2. The Morgan fingerprint density at radius 2 is 1.95 bits per heavy atom. The van der Waals surface area contributed by atoms with E-state index in [2.05, 4.69) is 0 Å². The van der Waals surface area contributed by atoms with Crippen molar-refractivity contribution in [3.8, 4) is 5.75 Å². The van der Waals surface area contributed by atoms with E-state index in [-0.39, 0.29) is 11.5 Å². The van der Waals surface area contributed by atoms with E-state index in [1.807, 2.05) is 0 Å². The largest absolute Gasteiger partial charge is 0.497 e. The lowest BCUT2D eigenvalue weighted by molar-refractivity contribution is 0.102. The fourth-order valence-corrected chi connectivity index (χ4v) is 3.45.